The van der Waals surface area contributed by atoms with E-state index < -0.39 is 43.5 Å². The molecule has 0 spiro atoms. The summed E-state index contributed by atoms with van der Waals surface area (Å²) in [7, 11) is -8.44. The van der Waals surface area contributed by atoms with Gasteiger partial charge in [-0.1, -0.05) is 48.6 Å². The molecule has 0 fully saturated rings. The largest absolute Gasteiger partial charge is 0.444 e. The maximum Gasteiger partial charge on any atom is 0.411 e. The number of ether oxygens (including phenoxy) is 1. The third kappa shape index (κ3) is 3.65. The monoisotopic (exact) mass is 473 g/mol. The molecule has 168 valence electrons. The van der Waals surface area contributed by atoms with Gasteiger partial charge < -0.3 is 4.74 Å². The lowest BCUT2D eigenvalue weighted by molar-refractivity contribution is 0.0243. The number of amides is 1. The van der Waals surface area contributed by atoms with Crippen LogP contribution in [0.3, 0.4) is 0 Å². The van der Waals surface area contributed by atoms with Gasteiger partial charge in [0.05, 0.1) is 31.7 Å². The van der Waals surface area contributed by atoms with Gasteiger partial charge in [-0.25, -0.2) is 21.6 Å². The van der Waals surface area contributed by atoms with Crippen molar-refractivity contribution in [1.29, 1.82) is 0 Å². The second kappa shape index (κ2) is 7.60. The second-order valence-corrected chi connectivity index (χ2v) is 12.4. The first-order valence-electron chi connectivity index (χ1n) is 9.98. The molecule has 0 radical (unpaired) electrons. The molecule has 0 aromatic heterocycles. The van der Waals surface area contributed by atoms with Crippen molar-refractivity contribution in [3.8, 4) is 0 Å². The zero-order valence-electron chi connectivity index (χ0n) is 17.8. The van der Waals surface area contributed by atoms with Crippen LogP contribution in [-0.4, -0.2) is 45.5 Å². The van der Waals surface area contributed by atoms with Crippen molar-refractivity contribution in [3.63, 3.8) is 0 Å². The molecular formula is C23H23NO6S2. The molecule has 7 nitrogen and oxygen atoms in total. The number of benzene rings is 2. The molecule has 4 rings (SSSR count). The molecule has 9 heteroatoms. The number of hydrogen-bond acceptors (Lipinski definition) is 6. The van der Waals surface area contributed by atoms with Crippen molar-refractivity contribution in [2.75, 3.05) is 0 Å². The van der Waals surface area contributed by atoms with Crippen LogP contribution >= 0.6 is 0 Å². The van der Waals surface area contributed by atoms with Crippen LogP contribution in [0.25, 0.3) is 0 Å². The SMILES string of the molecule is CC(C)(C)OC(=O)N1[C@@H]2C=C[C@H]1C(S(=O)(=O)c1ccccc1)=C2S(=O)(=O)c1ccccc1. The van der Waals surface area contributed by atoms with E-state index in [9.17, 15) is 21.6 Å². The Labute approximate surface area is 187 Å². The van der Waals surface area contributed by atoms with E-state index in [0.29, 0.717) is 0 Å². The molecule has 2 aliphatic heterocycles. The molecule has 32 heavy (non-hydrogen) atoms. The molecular weight excluding hydrogens is 450 g/mol. The predicted molar refractivity (Wildman–Crippen MR) is 119 cm³/mol. The van der Waals surface area contributed by atoms with Gasteiger partial charge in [0.15, 0.2) is 0 Å². The van der Waals surface area contributed by atoms with Crippen molar-refractivity contribution in [2.24, 2.45) is 0 Å². The topological polar surface area (TPSA) is 97.8 Å². The minimum atomic E-state index is -4.22. The quantitative estimate of drug-likeness (QED) is 0.628. The van der Waals surface area contributed by atoms with Crippen LogP contribution in [0, 0.1) is 0 Å². The fourth-order valence-corrected chi connectivity index (χ4v) is 7.85. The maximum atomic E-state index is 13.6. The Hall–Kier alpha value is -2.91. The first-order chi connectivity index (χ1) is 14.9. The highest BCUT2D eigenvalue weighted by Crippen LogP contribution is 2.46. The van der Waals surface area contributed by atoms with Crippen molar-refractivity contribution < 1.29 is 26.4 Å². The van der Waals surface area contributed by atoms with Gasteiger partial charge >= 0.3 is 6.09 Å². The average Bonchev–Trinajstić information content (AvgIpc) is 3.31. The summed E-state index contributed by atoms with van der Waals surface area (Å²) in [6.45, 7) is 5.06. The summed E-state index contributed by atoms with van der Waals surface area (Å²) < 4.78 is 60.0. The van der Waals surface area contributed by atoms with Crippen molar-refractivity contribution in [3.05, 3.63) is 82.6 Å². The summed E-state index contributed by atoms with van der Waals surface area (Å²) in [6, 6.07) is 13.1. The van der Waals surface area contributed by atoms with Gasteiger partial charge in [0.1, 0.15) is 5.60 Å². The lowest BCUT2D eigenvalue weighted by atomic mass is 10.2. The Morgan fingerprint density at radius 2 is 1.12 bits per heavy atom. The molecule has 0 unspecified atom stereocenters. The molecule has 0 N–H and O–H groups in total. The minimum absolute atomic E-state index is 0.0409. The Kier molecular flexibility index (Phi) is 5.29. The highest BCUT2D eigenvalue weighted by Gasteiger charge is 2.54. The molecule has 2 aliphatic rings. The fourth-order valence-electron chi connectivity index (χ4n) is 3.87. The van der Waals surface area contributed by atoms with Crippen LogP contribution in [-0.2, 0) is 24.4 Å². The Balaban J connectivity index is 1.92. The van der Waals surface area contributed by atoms with Crippen LogP contribution in [0.1, 0.15) is 20.8 Å². The van der Waals surface area contributed by atoms with Crippen LogP contribution in [0.2, 0.25) is 0 Å². The van der Waals surface area contributed by atoms with Crippen LogP contribution in [0.4, 0.5) is 4.79 Å². The molecule has 2 aromatic carbocycles. The Morgan fingerprint density at radius 1 is 0.750 bits per heavy atom. The summed E-state index contributed by atoms with van der Waals surface area (Å²) >= 11 is 0. The summed E-state index contributed by atoms with van der Waals surface area (Å²) in [5.41, 5.74) is -0.837. The summed E-state index contributed by atoms with van der Waals surface area (Å²) in [5, 5.41) is 0. The van der Waals surface area contributed by atoms with Gasteiger partial charge in [-0.15, -0.1) is 0 Å². The van der Waals surface area contributed by atoms with E-state index in [4.69, 9.17) is 4.74 Å². The summed E-state index contributed by atoms with van der Waals surface area (Å²) in [6.07, 6.45) is 2.29. The second-order valence-electron chi connectivity index (χ2n) is 8.52. The number of hydrogen-bond donors (Lipinski definition) is 0. The van der Waals surface area contributed by atoms with Gasteiger partial charge in [-0.3, -0.25) is 4.90 Å². The first kappa shape index (κ1) is 22.3. The van der Waals surface area contributed by atoms with Crippen LogP contribution < -0.4 is 0 Å². The number of fused-ring (bicyclic) bond motifs is 2. The van der Waals surface area contributed by atoms with Gasteiger partial charge in [0.2, 0.25) is 19.7 Å². The third-order valence-corrected chi connectivity index (χ3v) is 9.14. The average molecular weight is 474 g/mol. The van der Waals surface area contributed by atoms with Crippen molar-refractivity contribution in [1.82, 2.24) is 4.90 Å². The van der Waals surface area contributed by atoms with E-state index in [2.05, 4.69) is 0 Å². The zero-order valence-corrected chi connectivity index (χ0v) is 19.4. The molecule has 0 aliphatic carbocycles. The molecule has 1 amide bonds. The van der Waals surface area contributed by atoms with Crippen LogP contribution in [0.5, 0.6) is 0 Å². The molecule has 0 saturated carbocycles. The van der Waals surface area contributed by atoms with E-state index in [-0.39, 0.29) is 19.6 Å². The van der Waals surface area contributed by atoms with Gasteiger partial charge in [-0.2, -0.15) is 0 Å². The maximum absolute atomic E-state index is 13.6. The van der Waals surface area contributed by atoms with E-state index in [1.54, 1.807) is 57.2 Å². The molecule has 2 atom stereocenters. The van der Waals surface area contributed by atoms with Gasteiger partial charge in [-0.05, 0) is 45.0 Å². The number of carbonyl (C=O) groups excluding carboxylic acids is 1. The molecule has 2 bridgehead atoms. The number of carbonyl (C=O) groups is 1. The van der Waals surface area contributed by atoms with E-state index in [1.165, 1.54) is 41.3 Å². The summed E-state index contributed by atoms with van der Waals surface area (Å²) in [5.74, 6) is 0. The lowest BCUT2D eigenvalue weighted by Crippen LogP contribution is -2.42. The van der Waals surface area contributed by atoms with Gasteiger partial charge in [0.25, 0.3) is 0 Å². The van der Waals surface area contributed by atoms with E-state index >= 15 is 0 Å². The number of sulfone groups is 2. The standard InChI is InChI=1S/C23H23NO6S2/c1-23(2,3)30-22(25)24-18-14-15-19(24)21(32(28,29)17-12-8-5-9-13-17)20(18)31(26,27)16-10-6-4-7-11-16/h4-15,18-19H,1-3H3/t18-,19+. The van der Waals surface area contributed by atoms with Crippen molar-refractivity contribution in [2.45, 2.75) is 48.2 Å². The molecule has 0 saturated heterocycles. The smallest absolute Gasteiger partial charge is 0.411 e. The van der Waals surface area contributed by atoms with Crippen molar-refractivity contribution >= 4 is 25.8 Å². The zero-order chi connectivity index (χ0) is 23.3. The highest BCUT2D eigenvalue weighted by atomic mass is 32.2. The van der Waals surface area contributed by atoms with E-state index in [1.807, 2.05) is 0 Å². The summed E-state index contributed by atoms with van der Waals surface area (Å²) in [4.78, 5) is 13.5. The van der Waals surface area contributed by atoms with E-state index in [0.717, 1.165) is 0 Å². The third-order valence-electron chi connectivity index (χ3n) is 5.15. The Morgan fingerprint density at radius 3 is 1.47 bits per heavy atom. The Bertz CT molecular complexity index is 1230. The predicted octanol–water partition coefficient (Wildman–Crippen LogP) is 3.70. The molecule has 2 aromatic rings. The fraction of sp³-hybridized carbons (Fsp3) is 0.261. The van der Waals surface area contributed by atoms with Crippen LogP contribution in [0.15, 0.2) is 92.4 Å². The lowest BCUT2D eigenvalue weighted by Gasteiger charge is -2.28. The number of nitrogens with zero attached hydrogens (tertiary/aromatic N) is 1. The normalized spacial score (nSPS) is 20.7. The molecule has 2 heterocycles. The van der Waals surface area contributed by atoms with Gasteiger partial charge in [0, 0.05) is 0 Å². The highest BCUT2D eigenvalue weighted by molar-refractivity contribution is 7.99. The minimum Gasteiger partial charge on any atom is -0.444 e. The number of rotatable bonds is 4. The first-order valence-corrected chi connectivity index (χ1v) is 13.0.